The molecule has 1 heteroatoms. The molecule has 0 spiro atoms. The van der Waals surface area contributed by atoms with Crippen molar-refractivity contribution >= 4 is 11.6 Å². The third kappa shape index (κ3) is 3.04. The lowest BCUT2D eigenvalue weighted by molar-refractivity contribution is 0.313. The highest BCUT2D eigenvalue weighted by Crippen LogP contribution is 2.47. The SMILES string of the molecule is C=C(C)c1ccc(-c2c(C)ccc3c2C(C(CC)CC)C(O)=C3)cc1. The summed E-state index contributed by atoms with van der Waals surface area (Å²) in [6.45, 7) is 12.7. The molecule has 0 amide bonds. The van der Waals surface area contributed by atoms with Crippen LogP contribution in [0.15, 0.2) is 48.7 Å². The van der Waals surface area contributed by atoms with E-state index >= 15 is 0 Å². The molecule has 0 aromatic heterocycles. The van der Waals surface area contributed by atoms with Gasteiger partial charge in [0.15, 0.2) is 0 Å². The fourth-order valence-electron chi connectivity index (χ4n) is 4.14. The zero-order valence-corrected chi connectivity index (χ0v) is 15.8. The number of aryl methyl sites for hydroxylation is 1. The largest absolute Gasteiger partial charge is 0.512 e. The Kier molecular flexibility index (Phi) is 4.85. The van der Waals surface area contributed by atoms with E-state index in [0.29, 0.717) is 11.7 Å². The summed E-state index contributed by atoms with van der Waals surface area (Å²) in [4.78, 5) is 0. The molecule has 25 heavy (non-hydrogen) atoms. The van der Waals surface area contributed by atoms with Crippen molar-refractivity contribution in [1.29, 1.82) is 0 Å². The van der Waals surface area contributed by atoms with Gasteiger partial charge in [-0.25, -0.2) is 0 Å². The second-order valence-electron chi connectivity index (χ2n) is 7.24. The van der Waals surface area contributed by atoms with Gasteiger partial charge in [-0.1, -0.05) is 75.2 Å². The molecule has 1 aliphatic carbocycles. The summed E-state index contributed by atoms with van der Waals surface area (Å²) in [5, 5.41) is 10.7. The maximum atomic E-state index is 10.7. The van der Waals surface area contributed by atoms with E-state index in [1.54, 1.807) is 0 Å². The predicted molar refractivity (Wildman–Crippen MR) is 109 cm³/mol. The highest BCUT2D eigenvalue weighted by molar-refractivity contribution is 5.81. The zero-order chi connectivity index (χ0) is 18.1. The Bertz CT molecular complexity index is 820. The Morgan fingerprint density at radius 2 is 1.72 bits per heavy atom. The molecule has 3 rings (SSSR count). The van der Waals surface area contributed by atoms with E-state index in [0.717, 1.165) is 18.4 Å². The number of hydrogen-bond acceptors (Lipinski definition) is 1. The van der Waals surface area contributed by atoms with Crippen LogP contribution in [-0.2, 0) is 0 Å². The predicted octanol–water partition coefficient (Wildman–Crippen LogP) is 7.13. The van der Waals surface area contributed by atoms with Crippen molar-refractivity contribution in [1.82, 2.24) is 0 Å². The van der Waals surface area contributed by atoms with Gasteiger partial charge in [-0.2, -0.15) is 0 Å². The Labute approximate surface area is 151 Å². The van der Waals surface area contributed by atoms with Gasteiger partial charge in [-0.3, -0.25) is 0 Å². The van der Waals surface area contributed by atoms with Gasteiger partial charge < -0.3 is 5.11 Å². The van der Waals surface area contributed by atoms with Gasteiger partial charge in [0, 0.05) is 5.92 Å². The Morgan fingerprint density at radius 3 is 2.28 bits per heavy atom. The Balaban J connectivity index is 2.17. The number of rotatable bonds is 5. The van der Waals surface area contributed by atoms with Crippen LogP contribution in [0.3, 0.4) is 0 Å². The maximum absolute atomic E-state index is 10.7. The average molecular weight is 332 g/mol. The van der Waals surface area contributed by atoms with Crippen LogP contribution < -0.4 is 0 Å². The van der Waals surface area contributed by atoms with Crippen LogP contribution in [0.2, 0.25) is 0 Å². The van der Waals surface area contributed by atoms with Crippen LogP contribution in [0.25, 0.3) is 22.8 Å². The van der Waals surface area contributed by atoms with Crippen LogP contribution >= 0.6 is 0 Å². The minimum atomic E-state index is 0.112. The van der Waals surface area contributed by atoms with Crippen molar-refractivity contribution in [3.8, 4) is 11.1 Å². The van der Waals surface area contributed by atoms with Crippen LogP contribution in [0.4, 0.5) is 0 Å². The number of allylic oxidation sites excluding steroid dienone is 2. The highest BCUT2D eigenvalue weighted by atomic mass is 16.3. The van der Waals surface area contributed by atoms with E-state index in [-0.39, 0.29) is 5.92 Å². The second-order valence-corrected chi connectivity index (χ2v) is 7.24. The minimum absolute atomic E-state index is 0.112. The van der Waals surface area contributed by atoms with Gasteiger partial charge in [0.2, 0.25) is 0 Å². The number of aliphatic hydroxyl groups is 1. The first-order valence-electron chi connectivity index (χ1n) is 9.28. The number of benzene rings is 2. The fourth-order valence-corrected chi connectivity index (χ4v) is 4.14. The molecule has 0 bridgehead atoms. The van der Waals surface area contributed by atoms with Crippen molar-refractivity contribution < 1.29 is 5.11 Å². The van der Waals surface area contributed by atoms with E-state index in [4.69, 9.17) is 0 Å². The minimum Gasteiger partial charge on any atom is -0.512 e. The van der Waals surface area contributed by atoms with Crippen molar-refractivity contribution in [2.75, 3.05) is 0 Å². The molecule has 0 saturated carbocycles. The number of aliphatic hydroxyl groups excluding tert-OH is 1. The molecule has 0 heterocycles. The van der Waals surface area contributed by atoms with Gasteiger partial charge in [0.05, 0.1) is 0 Å². The normalized spacial score (nSPS) is 16.0. The molecule has 1 nitrogen and oxygen atoms in total. The third-order valence-corrected chi connectivity index (χ3v) is 5.61. The Hall–Kier alpha value is -2.28. The summed E-state index contributed by atoms with van der Waals surface area (Å²) in [5.74, 6) is 1.10. The molecular weight excluding hydrogens is 304 g/mol. The lowest BCUT2D eigenvalue weighted by Crippen LogP contribution is -2.13. The summed E-state index contributed by atoms with van der Waals surface area (Å²) >= 11 is 0. The van der Waals surface area contributed by atoms with Crippen LogP contribution in [0, 0.1) is 12.8 Å². The van der Waals surface area contributed by atoms with Gasteiger partial charge in [-0.05, 0) is 59.2 Å². The van der Waals surface area contributed by atoms with Gasteiger partial charge >= 0.3 is 0 Å². The molecule has 2 aromatic carbocycles. The van der Waals surface area contributed by atoms with Gasteiger partial charge in [-0.15, -0.1) is 0 Å². The molecule has 0 fully saturated rings. The molecule has 1 aliphatic rings. The summed E-state index contributed by atoms with van der Waals surface area (Å²) in [7, 11) is 0. The fraction of sp³-hybridized carbons (Fsp3) is 0.333. The highest BCUT2D eigenvalue weighted by Gasteiger charge is 2.33. The lowest BCUT2D eigenvalue weighted by Gasteiger charge is -2.26. The van der Waals surface area contributed by atoms with Crippen LogP contribution in [-0.4, -0.2) is 5.11 Å². The summed E-state index contributed by atoms with van der Waals surface area (Å²) < 4.78 is 0. The molecule has 130 valence electrons. The van der Waals surface area contributed by atoms with Gasteiger partial charge in [0.25, 0.3) is 0 Å². The van der Waals surface area contributed by atoms with Crippen LogP contribution in [0.1, 0.15) is 61.8 Å². The smallest absolute Gasteiger partial charge is 0.101 e. The topological polar surface area (TPSA) is 20.2 Å². The monoisotopic (exact) mass is 332 g/mol. The maximum Gasteiger partial charge on any atom is 0.101 e. The van der Waals surface area contributed by atoms with E-state index in [1.165, 1.54) is 33.4 Å². The van der Waals surface area contributed by atoms with Crippen molar-refractivity contribution in [3.05, 3.63) is 71.0 Å². The average Bonchev–Trinajstić information content (AvgIpc) is 2.93. The molecule has 2 aromatic rings. The zero-order valence-electron chi connectivity index (χ0n) is 15.8. The first-order valence-corrected chi connectivity index (χ1v) is 9.28. The molecule has 1 unspecified atom stereocenters. The van der Waals surface area contributed by atoms with E-state index in [2.05, 4.69) is 63.7 Å². The molecule has 1 atom stereocenters. The first kappa shape index (κ1) is 17.5. The number of fused-ring (bicyclic) bond motifs is 1. The van der Waals surface area contributed by atoms with Crippen LogP contribution in [0.5, 0.6) is 0 Å². The summed E-state index contributed by atoms with van der Waals surface area (Å²) in [6, 6.07) is 13.0. The van der Waals surface area contributed by atoms with Crippen molar-refractivity contribution in [3.63, 3.8) is 0 Å². The van der Waals surface area contributed by atoms with E-state index < -0.39 is 0 Å². The molecule has 0 radical (unpaired) electrons. The second kappa shape index (κ2) is 6.92. The standard InChI is InChI=1S/C24H28O/c1-6-17(7-2)23-21(25)14-20-9-8-16(5)22(24(20)23)19-12-10-18(11-13-19)15(3)4/h8-14,17,23,25H,3,6-7H2,1-2,4-5H3. The lowest BCUT2D eigenvalue weighted by atomic mass is 9.79. The quantitative estimate of drug-likeness (QED) is 0.617. The molecule has 0 aliphatic heterocycles. The molecular formula is C24H28O. The van der Waals surface area contributed by atoms with Crippen molar-refractivity contribution in [2.24, 2.45) is 5.92 Å². The third-order valence-electron chi connectivity index (χ3n) is 5.61. The van der Waals surface area contributed by atoms with Crippen molar-refractivity contribution in [2.45, 2.75) is 46.5 Å². The summed E-state index contributed by atoms with van der Waals surface area (Å²) in [5.41, 5.74) is 8.48. The summed E-state index contributed by atoms with van der Waals surface area (Å²) in [6.07, 6.45) is 4.10. The Morgan fingerprint density at radius 1 is 1.08 bits per heavy atom. The van der Waals surface area contributed by atoms with Gasteiger partial charge in [0.1, 0.15) is 5.76 Å². The molecule has 0 saturated heterocycles. The molecule has 1 N–H and O–H groups in total. The number of hydrogen-bond donors (Lipinski definition) is 1. The van der Waals surface area contributed by atoms with E-state index in [9.17, 15) is 5.11 Å². The van der Waals surface area contributed by atoms with E-state index in [1.807, 2.05) is 13.0 Å². The first-order chi connectivity index (χ1) is 12.0.